The minimum atomic E-state index is -1.23. The smallest absolute Gasteiger partial charge is 0.408 e. The lowest BCUT2D eigenvalue weighted by atomic mass is 9.96. The van der Waals surface area contributed by atoms with Crippen LogP contribution in [0.2, 0.25) is 0 Å². The topological polar surface area (TPSA) is 157 Å². The van der Waals surface area contributed by atoms with Crippen LogP contribution in [-0.2, 0) is 35.1 Å². The van der Waals surface area contributed by atoms with Crippen molar-refractivity contribution in [3.63, 3.8) is 0 Å². The first-order valence-corrected chi connectivity index (χ1v) is 15.0. The standard InChI is InChI=1S/C34H48N4O7/c1-21-15-16-24(22(2)19-21)28(38(9)30(41)25(17-18-27(35)39)37-32(43)45-34(6,7)8)29(40)36-26(31(42)44-33(3,4)5)20-23-13-11-10-12-14-23/h10-16,19,25-26,28H,17-18,20H2,1-9H3,(H2,35,39)(H,36,40)(H,37,43). The number of rotatable bonds is 12. The van der Waals surface area contributed by atoms with Gasteiger partial charge in [0.25, 0.3) is 0 Å². The number of primary amides is 1. The summed E-state index contributed by atoms with van der Waals surface area (Å²) in [4.78, 5) is 67.0. The molecule has 0 aliphatic carbocycles. The highest BCUT2D eigenvalue weighted by molar-refractivity contribution is 5.94. The molecule has 2 aromatic rings. The molecule has 2 rings (SSSR count). The summed E-state index contributed by atoms with van der Waals surface area (Å²) in [6.45, 7) is 14.0. The Morgan fingerprint density at radius 1 is 0.844 bits per heavy atom. The number of benzene rings is 2. The SMILES string of the molecule is Cc1ccc(C(C(=O)NC(Cc2ccccc2)C(=O)OC(C)(C)C)N(C)C(=O)C(CCC(N)=O)NC(=O)OC(C)(C)C)c(C)c1. The second-order valence-electron chi connectivity index (χ2n) is 13.2. The third-order valence-corrected chi connectivity index (χ3v) is 6.66. The van der Waals surface area contributed by atoms with Crippen LogP contribution in [0.15, 0.2) is 48.5 Å². The summed E-state index contributed by atoms with van der Waals surface area (Å²) in [5, 5.41) is 5.36. The number of hydrogen-bond donors (Lipinski definition) is 3. The molecule has 3 unspecified atom stereocenters. The van der Waals surface area contributed by atoms with E-state index in [0.29, 0.717) is 5.56 Å². The summed E-state index contributed by atoms with van der Waals surface area (Å²) in [5.74, 6) is -2.57. The number of esters is 1. The predicted octanol–water partition coefficient (Wildman–Crippen LogP) is 4.03. The minimum Gasteiger partial charge on any atom is -0.458 e. The molecular formula is C34H48N4O7. The Bertz CT molecular complexity index is 1360. The van der Waals surface area contributed by atoms with Crippen LogP contribution in [0, 0.1) is 13.8 Å². The van der Waals surface area contributed by atoms with E-state index in [-0.39, 0.29) is 19.3 Å². The Morgan fingerprint density at radius 2 is 1.44 bits per heavy atom. The Hall–Kier alpha value is -4.41. The second-order valence-corrected chi connectivity index (χ2v) is 13.2. The molecule has 11 heteroatoms. The van der Waals surface area contributed by atoms with Gasteiger partial charge in [-0.25, -0.2) is 9.59 Å². The van der Waals surface area contributed by atoms with Crippen LogP contribution in [-0.4, -0.2) is 65.0 Å². The number of alkyl carbamates (subject to hydrolysis) is 1. The Morgan fingerprint density at radius 3 is 1.98 bits per heavy atom. The number of amides is 4. The first-order chi connectivity index (χ1) is 20.8. The van der Waals surface area contributed by atoms with E-state index >= 15 is 0 Å². The number of carbonyl (C=O) groups is 5. The van der Waals surface area contributed by atoms with Gasteiger partial charge in [0.15, 0.2) is 0 Å². The molecule has 0 heterocycles. The monoisotopic (exact) mass is 624 g/mol. The van der Waals surface area contributed by atoms with Crippen LogP contribution in [0.4, 0.5) is 4.79 Å². The summed E-state index contributed by atoms with van der Waals surface area (Å²) < 4.78 is 11.0. The number of hydrogen-bond acceptors (Lipinski definition) is 7. The third-order valence-electron chi connectivity index (χ3n) is 6.66. The average molecular weight is 625 g/mol. The zero-order valence-corrected chi connectivity index (χ0v) is 27.9. The zero-order valence-electron chi connectivity index (χ0n) is 27.9. The summed E-state index contributed by atoms with van der Waals surface area (Å²) in [6, 6.07) is 11.1. The van der Waals surface area contributed by atoms with E-state index in [1.54, 1.807) is 47.6 Å². The first kappa shape index (κ1) is 36.8. The van der Waals surface area contributed by atoms with Gasteiger partial charge in [0.05, 0.1) is 0 Å². The minimum absolute atomic E-state index is 0.118. The lowest BCUT2D eigenvalue weighted by molar-refractivity contribution is -0.159. The van der Waals surface area contributed by atoms with Crippen LogP contribution in [0.25, 0.3) is 0 Å². The summed E-state index contributed by atoms with van der Waals surface area (Å²) >= 11 is 0. The fourth-order valence-corrected chi connectivity index (χ4v) is 4.69. The lowest BCUT2D eigenvalue weighted by Crippen LogP contribution is -2.54. The van der Waals surface area contributed by atoms with Crippen LogP contribution in [0.1, 0.15) is 82.7 Å². The van der Waals surface area contributed by atoms with Crippen molar-refractivity contribution in [3.05, 3.63) is 70.8 Å². The molecule has 0 aliphatic rings. The van der Waals surface area contributed by atoms with Crippen molar-refractivity contribution in [2.24, 2.45) is 5.73 Å². The van der Waals surface area contributed by atoms with E-state index in [1.807, 2.05) is 56.3 Å². The Balaban J connectivity index is 2.53. The fraction of sp³-hybridized carbons (Fsp3) is 0.500. The summed E-state index contributed by atoms with van der Waals surface area (Å²) in [6.07, 6.45) is -1.02. The van der Waals surface area contributed by atoms with Crippen molar-refractivity contribution < 1.29 is 33.4 Å². The van der Waals surface area contributed by atoms with Gasteiger partial charge in [0.1, 0.15) is 29.3 Å². The van der Waals surface area contributed by atoms with Crippen LogP contribution >= 0.6 is 0 Å². The highest BCUT2D eigenvalue weighted by Gasteiger charge is 2.37. The third kappa shape index (κ3) is 12.2. The van der Waals surface area contributed by atoms with Gasteiger partial charge in [-0.2, -0.15) is 0 Å². The van der Waals surface area contributed by atoms with Crippen molar-refractivity contribution in [1.29, 1.82) is 0 Å². The van der Waals surface area contributed by atoms with Gasteiger partial charge in [-0.15, -0.1) is 0 Å². The van der Waals surface area contributed by atoms with E-state index in [2.05, 4.69) is 10.6 Å². The maximum absolute atomic E-state index is 14.2. The van der Waals surface area contributed by atoms with Gasteiger partial charge < -0.3 is 30.7 Å². The van der Waals surface area contributed by atoms with E-state index in [0.717, 1.165) is 16.7 Å². The fourth-order valence-electron chi connectivity index (χ4n) is 4.69. The largest absolute Gasteiger partial charge is 0.458 e. The van der Waals surface area contributed by atoms with Crippen molar-refractivity contribution in [1.82, 2.24) is 15.5 Å². The highest BCUT2D eigenvalue weighted by atomic mass is 16.6. The molecule has 45 heavy (non-hydrogen) atoms. The molecule has 246 valence electrons. The molecule has 2 aromatic carbocycles. The normalized spacial score (nSPS) is 13.5. The van der Waals surface area contributed by atoms with E-state index in [9.17, 15) is 24.0 Å². The predicted molar refractivity (Wildman–Crippen MR) is 171 cm³/mol. The molecular weight excluding hydrogens is 576 g/mol. The Labute approximate surface area is 266 Å². The Kier molecular flexibility index (Phi) is 12.7. The molecule has 3 atom stereocenters. The number of carbonyl (C=O) groups excluding carboxylic acids is 5. The summed E-state index contributed by atoms with van der Waals surface area (Å²) in [7, 11) is 1.43. The number of ether oxygens (including phenoxy) is 2. The maximum atomic E-state index is 14.2. The van der Waals surface area contributed by atoms with Crippen LogP contribution in [0.5, 0.6) is 0 Å². The molecule has 0 aromatic heterocycles. The van der Waals surface area contributed by atoms with Crippen molar-refractivity contribution in [3.8, 4) is 0 Å². The average Bonchev–Trinajstić information content (AvgIpc) is 2.90. The molecule has 4 N–H and O–H groups in total. The van der Waals surface area contributed by atoms with Gasteiger partial charge in [-0.1, -0.05) is 54.1 Å². The summed E-state index contributed by atoms with van der Waals surface area (Å²) in [5.41, 5.74) is 6.71. The number of nitrogens with one attached hydrogen (secondary N) is 2. The van der Waals surface area contributed by atoms with Crippen molar-refractivity contribution >= 4 is 29.8 Å². The number of aryl methyl sites for hydroxylation is 2. The van der Waals surface area contributed by atoms with Gasteiger partial charge in [0.2, 0.25) is 17.7 Å². The molecule has 4 amide bonds. The first-order valence-electron chi connectivity index (χ1n) is 15.0. The number of nitrogens with zero attached hydrogens (tertiary/aromatic N) is 1. The molecule has 0 saturated carbocycles. The van der Waals surface area contributed by atoms with Crippen LogP contribution < -0.4 is 16.4 Å². The second kappa shape index (κ2) is 15.5. The molecule has 0 bridgehead atoms. The molecule has 11 nitrogen and oxygen atoms in total. The molecule has 0 saturated heterocycles. The van der Waals surface area contributed by atoms with Crippen molar-refractivity contribution in [2.75, 3.05) is 7.05 Å². The molecule has 0 radical (unpaired) electrons. The number of nitrogens with two attached hydrogens (primary N) is 1. The zero-order chi connectivity index (χ0) is 34.1. The van der Waals surface area contributed by atoms with E-state index in [4.69, 9.17) is 15.2 Å². The molecule has 0 fully saturated rings. The van der Waals surface area contributed by atoms with Crippen LogP contribution in [0.3, 0.4) is 0 Å². The lowest BCUT2D eigenvalue weighted by Gasteiger charge is -2.33. The van der Waals surface area contributed by atoms with Gasteiger partial charge in [-0.05, 0) is 78.5 Å². The van der Waals surface area contributed by atoms with E-state index < -0.39 is 59.1 Å². The van der Waals surface area contributed by atoms with E-state index in [1.165, 1.54) is 11.9 Å². The van der Waals surface area contributed by atoms with Gasteiger partial charge >= 0.3 is 12.1 Å². The molecule has 0 spiro atoms. The molecule has 0 aliphatic heterocycles. The van der Waals surface area contributed by atoms with Gasteiger partial charge in [0, 0.05) is 19.9 Å². The van der Waals surface area contributed by atoms with Crippen molar-refractivity contribution in [2.45, 2.75) is 104 Å². The van der Waals surface area contributed by atoms with Gasteiger partial charge in [-0.3, -0.25) is 14.4 Å². The number of likely N-dealkylation sites (N-methyl/N-ethyl adjacent to an activating group) is 1. The quantitative estimate of drug-likeness (QED) is 0.301. The maximum Gasteiger partial charge on any atom is 0.408 e. The highest BCUT2D eigenvalue weighted by Crippen LogP contribution is 2.26.